The molecule has 1 aromatic heterocycles. The summed E-state index contributed by atoms with van der Waals surface area (Å²) in [5.41, 5.74) is 1.00. The van der Waals surface area contributed by atoms with Gasteiger partial charge < -0.3 is 20.0 Å². The lowest BCUT2D eigenvalue weighted by atomic mass is 9.94. The van der Waals surface area contributed by atoms with Crippen molar-refractivity contribution in [1.82, 2.24) is 14.9 Å². The summed E-state index contributed by atoms with van der Waals surface area (Å²) >= 11 is 5.90. The molecule has 1 aromatic carbocycles. The topological polar surface area (TPSA) is 73.0 Å². The number of aromatic nitrogens is 2. The molecule has 22 heavy (non-hydrogen) atoms. The lowest BCUT2D eigenvalue weighted by molar-refractivity contribution is -0.389. The first-order chi connectivity index (χ1) is 10.4. The van der Waals surface area contributed by atoms with E-state index in [1.807, 2.05) is 24.3 Å². The molecule has 0 aliphatic carbocycles. The van der Waals surface area contributed by atoms with Crippen LogP contribution in [0.5, 0.6) is 0 Å². The van der Waals surface area contributed by atoms with E-state index in [-0.39, 0.29) is 11.4 Å². The van der Waals surface area contributed by atoms with Gasteiger partial charge in [0.25, 0.3) is 0 Å². The predicted molar refractivity (Wildman–Crippen MR) is 86.0 cm³/mol. The molecule has 0 saturated carbocycles. The van der Waals surface area contributed by atoms with Gasteiger partial charge in [0.1, 0.15) is 6.20 Å². The molecule has 0 spiro atoms. The van der Waals surface area contributed by atoms with E-state index in [9.17, 15) is 10.1 Å². The lowest BCUT2D eigenvalue weighted by Gasteiger charge is -2.27. The van der Waals surface area contributed by atoms with Crippen molar-refractivity contribution in [2.24, 2.45) is 0 Å². The van der Waals surface area contributed by atoms with E-state index >= 15 is 0 Å². The van der Waals surface area contributed by atoms with Crippen molar-refractivity contribution in [2.45, 2.75) is 32.4 Å². The third kappa shape index (κ3) is 4.29. The van der Waals surface area contributed by atoms with Crippen LogP contribution in [0.15, 0.2) is 36.8 Å². The maximum Gasteiger partial charge on any atom is 0.381 e. The van der Waals surface area contributed by atoms with Crippen LogP contribution in [0, 0.1) is 10.1 Å². The minimum absolute atomic E-state index is 0.116. The van der Waals surface area contributed by atoms with Gasteiger partial charge in [-0.25, -0.2) is 0 Å². The monoisotopic (exact) mass is 322 g/mol. The first kappa shape index (κ1) is 16.5. The van der Waals surface area contributed by atoms with Crippen LogP contribution >= 0.6 is 11.6 Å². The second-order valence-corrected chi connectivity index (χ2v) is 6.08. The van der Waals surface area contributed by atoms with Crippen LogP contribution in [0.4, 0.5) is 5.82 Å². The number of halogens is 1. The van der Waals surface area contributed by atoms with Gasteiger partial charge >= 0.3 is 5.82 Å². The molecule has 0 amide bonds. The number of benzene rings is 1. The van der Waals surface area contributed by atoms with Crippen LogP contribution in [0.2, 0.25) is 5.02 Å². The van der Waals surface area contributed by atoms with Crippen molar-refractivity contribution in [3.05, 3.63) is 57.5 Å². The number of imidazole rings is 1. The number of hydrogen-bond donors (Lipinski definition) is 1. The fourth-order valence-corrected chi connectivity index (χ4v) is 2.32. The Labute approximate surface area is 134 Å². The van der Waals surface area contributed by atoms with Crippen molar-refractivity contribution in [2.75, 3.05) is 6.54 Å². The van der Waals surface area contributed by atoms with Gasteiger partial charge in [-0.2, -0.15) is 0 Å². The molecule has 7 heteroatoms. The van der Waals surface area contributed by atoms with Crippen molar-refractivity contribution >= 4 is 17.4 Å². The highest BCUT2D eigenvalue weighted by Crippen LogP contribution is 2.21. The van der Waals surface area contributed by atoms with Crippen LogP contribution < -0.4 is 5.32 Å². The Kier molecular flexibility index (Phi) is 5.15. The summed E-state index contributed by atoms with van der Waals surface area (Å²) in [7, 11) is 0. The SMILES string of the molecule is CC(C)(NCCCn1cnc([N+](=O)[O-])c1)c1ccc(Cl)cc1. The smallest absolute Gasteiger partial charge is 0.358 e. The summed E-state index contributed by atoms with van der Waals surface area (Å²) in [5.74, 6) is -0.116. The summed E-state index contributed by atoms with van der Waals surface area (Å²) in [6, 6.07) is 7.78. The first-order valence-electron chi connectivity index (χ1n) is 7.06. The zero-order valence-electron chi connectivity index (χ0n) is 12.6. The number of nitro groups is 1. The molecule has 0 unspecified atom stereocenters. The molecular formula is C15H19ClN4O2. The first-order valence-corrected chi connectivity index (χ1v) is 7.43. The second kappa shape index (κ2) is 6.89. The third-order valence-corrected chi connectivity index (χ3v) is 3.78. The van der Waals surface area contributed by atoms with Crippen molar-refractivity contribution in [3.63, 3.8) is 0 Å². The Balaban J connectivity index is 1.82. The van der Waals surface area contributed by atoms with Crippen LogP contribution in [0.3, 0.4) is 0 Å². The van der Waals surface area contributed by atoms with Gasteiger partial charge in [0.05, 0.1) is 0 Å². The zero-order chi connectivity index (χ0) is 16.2. The Morgan fingerprint density at radius 1 is 1.36 bits per heavy atom. The van der Waals surface area contributed by atoms with E-state index in [1.54, 1.807) is 4.57 Å². The number of nitrogens with one attached hydrogen (secondary N) is 1. The van der Waals surface area contributed by atoms with Crippen LogP contribution in [-0.2, 0) is 12.1 Å². The Morgan fingerprint density at radius 3 is 2.64 bits per heavy atom. The van der Waals surface area contributed by atoms with Crippen molar-refractivity contribution in [3.8, 4) is 0 Å². The average Bonchev–Trinajstić information content (AvgIpc) is 2.93. The molecule has 0 atom stereocenters. The molecule has 0 bridgehead atoms. The fraction of sp³-hybridized carbons (Fsp3) is 0.400. The lowest BCUT2D eigenvalue weighted by Crippen LogP contribution is -2.37. The molecule has 0 aliphatic rings. The van der Waals surface area contributed by atoms with Crippen LogP contribution in [-0.4, -0.2) is 21.0 Å². The quantitative estimate of drug-likeness (QED) is 0.482. The Morgan fingerprint density at radius 2 is 2.05 bits per heavy atom. The van der Waals surface area contributed by atoms with Gasteiger partial charge in [0, 0.05) is 17.1 Å². The second-order valence-electron chi connectivity index (χ2n) is 5.64. The summed E-state index contributed by atoms with van der Waals surface area (Å²) in [6.45, 7) is 5.70. The van der Waals surface area contributed by atoms with Crippen LogP contribution in [0.25, 0.3) is 0 Å². The van der Waals surface area contributed by atoms with Gasteiger partial charge in [-0.05, 0) is 54.4 Å². The molecular weight excluding hydrogens is 304 g/mol. The molecule has 0 saturated heterocycles. The van der Waals surface area contributed by atoms with Crippen molar-refractivity contribution < 1.29 is 4.92 Å². The highest BCUT2D eigenvalue weighted by Gasteiger charge is 2.19. The predicted octanol–water partition coefficient (Wildman–Crippen LogP) is 3.36. The molecule has 0 fully saturated rings. The largest absolute Gasteiger partial charge is 0.381 e. The van der Waals surface area contributed by atoms with Gasteiger partial charge in [-0.1, -0.05) is 23.7 Å². The Hall–Kier alpha value is -1.92. The van der Waals surface area contributed by atoms with Gasteiger partial charge in [-0.3, -0.25) is 0 Å². The molecule has 1 heterocycles. The maximum absolute atomic E-state index is 10.6. The summed E-state index contributed by atoms with van der Waals surface area (Å²) in [6.07, 6.45) is 3.79. The van der Waals surface area contributed by atoms with E-state index < -0.39 is 4.92 Å². The highest BCUT2D eigenvalue weighted by atomic mass is 35.5. The maximum atomic E-state index is 10.6. The van der Waals surface area contributed by atoms with Gasteiger partial charge in [-0.15, -0.1) is 0 Å². The minimum atomic E-state index is -0.488. The van der Waals surface area contributed by atoms with E-state index in [2.05, 4.69) is 24.1 Å². The molecule has 118 valence electrons. The normalized spacial score (nSPS) is 11.6. The summed E-state index contributed by atoms with van der Waals surface area (Å²) in [4.78, 5) is 13.8. The number of rotatable bonds is 7. The van der Waals surface area contributed by atoms with E-state index in [0.29, 0.717) is 6.54 Å². The molecule has 6 nitrogen and oxygen atoms in total. The summed E-state index contributed by atoms with van der Waals surface area (Å²) < 4.78 is 1.73. The van der Waals surface area contributed by atoms with E-state index in [4.69, 9.17) is 11.6 Å². The van der Waals surface area contributed by atoms with E-state index in [0.717, 1.165) is 23.6 Å². The number of hydrogen-bond acceptors (Lipinski definition) is 4. The Bertz CT molecular complexity index is 637. The average molecular weight is 323 g/mol. The number of aryl methyl sites for hydroxylation is 1. The van der Waals surface area contributed by atoms with Gasteiger partial charge in [0.2, 0.25) is 6.33 Å². The minimum Gasteiger partial charge on any atom is -0.358 e. The third-order valence-electron chi connectivity index (χ3n) is 3.53. The summed E-state index contributed by atoms with van der Waals surface area (Å²) in [5, 5.41) is 14.8. The fourth-order valence-electron chi connectivity index (χ4n) is 2.20. The molecule has 0 radical (unpaired) electrons. The van der Waals surface area contributed by atoms with Crippen molar-refractivity contribution in [1.29, 1.82) is 0 Å². The molecule has 2 rings (SSSR count). The zero-order valence-corrected chi connectivity index (χ0v) is 13.4. The van der Waals surface area contributed by atoms with Gasteiger partial charge in [0.15, 0.2) is 0 Å². The highest BCUT2D eigenvalue weighted by molar-refractivity contribution is 6.30. The standard InChI is InChI=1S/C15H19ClN4O2/c1-15(2,12-4-6-13(16)7-5-12)18-8-3-9-19-10-14(17-11-19)20(21)22/h4-7,10-11,18H,3,8-9H2,1-2H3. The van der Waals surface area contributed by atoms with Crippen LogP contribution in [0.1, 0.15) is 25.8 Å². The molecule has 1 N–H and O–H groups in total. The molecule has 0 aliphatic heterocycles. The number of nitrogens with zero attached hydrogens (tertiary/aromatic N) is 3. The van der Waals surface area contributed by atoms with E-state index in [1.165, 1.54) is 12.5 Å². The molecule has 2 aromatic rings.